The Kier molecular flexibility index (Phi) is 8.15. The average Bonchev–Trinajstić information content (AvgIpc) is 3.10. The summed E-state index contributed by atoms with van der Waals surface area (Å²) in [6.07, 6.45) is 7.20. The molecule has 0 spiro atoms. The summed E-state index contributed by atoms with van der Waals surface area (Å²) in [5.41, 5.74) is 3.78. The molecule has 1 aromatic carbocycles. The number of ether oxygens (including phenoxy) is 1. The number of rotatable bonds is 5. The van der Waals surface area contributed by atoms with E-state index in [4.69, 9.17) is 4.74 Å². The second-order valence-corrected chi connectivity index (χ2v) is 6.41. The van der Waals surface area contributed by atoms with Crippen LogP contribution in [0.2, 0.25) is 0 Å². The minimum absolute atomic E-state index is 0. The highest BCUT2D eigenvalue weighted by Crippen LogP contribution is 2.25. The molecule has 0 saturated carbocycles. The van der Waals surface area contributed by atoms with Gasteiger partial charge in [-0.15, -0.1) is 24.0 Å². The molecule has 0 fully saturated rings. The van der Waals surface area contributed by atoms with Crippen LogP contribution in [-0.4, -0.2) is 54.4 Å². The summed E-state index contributed by atoms with van der Waals surface area (Å²) < 4.78 is 7.28. The van der Waals surface area contributed by atoms with Crippen molar-refractivity contribution >= 4 is 35.5 Å². The van der Waals surface area contributed by atoms with Crippen molar-refractivity contribution in [3.8, 4) is 5.75 Å². The lowest BCUT2D eigenvalue weighted by Gasteiger charge is -2.30. The van der Waals surface area contributed by atoms with Gasteiger partial charge in [0, 0.05) is 32.9 Å². The minimum atomic E-state index is 0. The molecule has 7 heteroatoms. The van der Waals surface area contributed by atoms with Crippen LogP contribution in [-0.2, 0) is 6.54 Å². The van der Waals surface area contributed by atoms with Gasteiger partial charge >= 0.3 is 0 Å². The van der Waals surface area contributed by atoms with E-state index in [1.54, 1.807) is 7.11 Å². The van der Waals surface area contributed by atoms with Gasteiger partial charge < -0.3 is 15.0 Å². The van der Waals surface area contributed by atoms with Crippen LogP contribution in [0.3, 0.4) is 0 Å². The predicted octanol–water partition coefficient (Wildman–Crippen LogP) is 3.18. The molecule has 0 bridgehead atoms. The predicted molar refractivity (Wildman–Crippen MR) is 121 cm³/mol. The van der Waals surface area contributed by atoms with Gasteiger partial charge in [0.1, 0.15) is 5.75 Å². The fraction of sp³-hybridized carbons (Fsp3) is 0.400. The fourth-order valence-corrected chi connectivity index (χ4v) is 3.15. The van der Waals surface area contributed by atoms with Crippen molar-refractivity contribution in [1.82, 2.24) is 20.0 Å². The van der Waals surface area contributed by atoms with Crippen LogP contribution in [0.15, 0.2) is 47.7 Å². The van der Waals surface area contributed by atoms with Gasteiger partial charge in [-0.05, 0) is 42.2 Å². The summed E-state index contributed by atoms with van der Waals surface area (Å²) in [5, 5.41) is 7.75. The van der Waals surface area contributed by atoms with Crippen molar-refractivity contribution in [2.75, 3.05) is 33.8 Å². The van der Waals surface area contributed by atoms with Gasteiger partial charge in [0.2, 0.25) is 0 Å². The number of aryl methyl sites for hydroxylation is 1. The highest BCUT2D eigenvalue weighted by molar-refractivity contribution is 14.0. The summed E-state index contributed by atoms with van der Waals surface area (Å²) >= 11 is 0. The molecular weight excluding hydrogens is 453 g/mol. The summed E-state index contributed by atoms with van der Waals surface area (Å²) in [7, 11) is 3.54. The van der Waals surface area contributed by atoms with Gasteiger partial charge in [-0.3, -0.25) is 9.67 Å². The third-order valence-electron chi connectivity index (χ3n) is 4.55. The molecule has 0 amide bonds. The molecule has 0 aliphatic carbocycles. The Labute approximate surface area is 178 Å². The fourth-order valence-electron chi connectivity index (χ4n) is 3.15. The first-order valence-electron chi connectivity index (χ1n) is 8.97. The molecule has 1 N–H and O–H groups in total. The highest BCUT2D eigenvalue weighted by atomic mass is 127. The molecule has 2 aromatic rings. The molecule has 2 heterocycles. The largest absolute Gasteiger partial charge is 0.497 e. The van der Waals surface area contributed by atoms with Crippen LogP contribution in [0.25, 0.3) is 5.57 Å². The monoisotopic (exact) mass is 481 g/mol. The Morgan fingerprint density at radius 3 is 2.85 bits per heavy atom. The van der Waals surface area contributed by atoms with Crippen molar-refractivity contribution in [3.05, 3.63) is 53.9 Å². The normalized spacial score (nSPS) is 14.4. The summed E-state index contributed by atoms with van der Waals surface area (Å²) in [5.74, 6) is 1.84. The lowest BCUT2D eigenvalue weighted by atomic mass is 9.99. The van der Waals surface area contributed by atoms with Crippen molar-refractivity contribution in [2.45, 2.75) is 19.9 Å². The van der Waals surface area contributed by atoms with E-state index < -0.39 is 0 Å². The Morgan fingerprint density at radius 2 is 2.22 bits per heavy atom. The quantitative estimate of drug-likeness (QED) is 0.405. The number of hydrogen-bond donors (Lipinski definition) is 1. The van der Waals surface area contributed by atoms with E-state index >= 15 is 0 Å². The third-order valence-corrected chi connectivity index (χ3v) is 4.55. The number of nitrogens with zero attached hydrogens (tertiary/aromatic N) is 4. The number of nitrogens with one attached hydrogen (secondary N) is 1. The van der Waals surface area contributed by atoms with Gasteiger partial charge in [0.25, 0.3) is 0 Å². The maximum Gasteiger partial charge on any atom is 0.194 e. The lowest BCUT2D eigenvalue weighted by molar-refractivity contribution is 0.414. The molecule has 0 unspecified atom stereocenters. The van der Waals surface area contributed by atoms with Gasteiger partial charge in [0.15, 0.2) is 5.96 Å². The molecule has 6 nitrogen and oxygen atoms in total. The highest BCUT2D eigenvalue weighted by Gasteiger charge is 2.16. The summed E-state index contributed by atoms with van der Waals surface area (Å²) in [6.45, 7) is 5.48. The van der Waals surface area contributed by atoms with E-state index in [2.05, 4.69) is 51.6 Å². The van der Waals surface area contributed by atoms with Crippen molar-refractivity contribution in [2.24, 2.45) is 4.99 Å². The Balaban J connectivity index is 0.00000261. The topological polar surface area (TPSA) is 54.7 Å². The second-order valence-electron chi connectivity index (χ2n) is 6.41. The van der Waals surface area contributed by atoms with E-state index in [0.29, 0.717) is 0 Å². The molecular formula is C20H28IN5O. The number of halogens is 1. The standard InChI is InChI=1S/C20H27N5O.HI/c1-16-14-23-25(15-16)12-9-22-20(21-2)24-10-7-17(8-11-24)18-5-4-6-19(13-18)26-3;/h4-7,13-15H,8-12H2,1-3H3,(H,21,22);1H. The first kappa shape index (κ1) is 21.3. The minimum Gasteiger partial charge on any atom is -0.497 e. The first-order valence-corrected chi connectivity index (χ1v) is 8.97. The summed E-state index contributed by atoms with van der Waals surface area (Å²) in [6, 6.07) is 8.26. The van der Waals surface area contributed by atoms with E-state index in [-0.39, 0.29) is 24.0 Å². The van der Waals surface area contributed by atoms with Crippen LogP contribution in [0.4, 0.5) is 0 Å². The molecule has 1 aromatic heterocycles. The lowest BCUT2D eigenvalue weighted by Crippen LogP contribution is -2.44. The van der Waals surface area contributed by atoms with Crippen molar-refractivity contribution in [3.63, 3.8) is 0 Å². The molecule has 1 aliphatic rings. The number of guanidine groups is 1. The third kappa shape index (κ3) is 5.72. The number of aromatic nitrogens is 2. The number of methoxy groups -OCH3 is 1. The molecule has 0 atom stereocenters. The zero-order chi connectivity index (χ0) is 18.4. The Morgan fingerprint density at radius 1 is 1.37 bits per heavy atom. The molecule has 3 rings (SSSR count). The van der Waals surface area contributed by atoms with Crippen LogP contribution >= 0.6 is 24.0 Å². The van der Waals surface area contributed by atoms with E-state index in [1.807, 2.05) is 30.1 Å². The van der Waals surface area contributed by atoms with Gasteiger partial charge in [-0.2, -0.15) is 5.10 Å². The van der Waals surface area contributed by atoms with E-state index in [1.165, 1.54) is 16.7 Å². The molecule has 27 heavy (non-hydrogen) atoms. The molecule has 1 aliphatic heterocycles. The summed E-state index contributed by atoms with van der Waals surface area (Å²) in [4.78, 5) is 6.70. The van der Waals surface area contributed by atoms with Crippen LogP contribution in [0.5, 0.6) is 5.75 Å². The number of hydrogen-bond acceptors (Lipinski definition) is 3. The zero-order valence-corrected chi connectivity index (χ0v) is 18.5. The Hall–Kier alpha value is -2.03. The average molecular weight is 481 g/mol. The van der Waals surface area contributed by atoms with Crippen molar-refractivity contribution < 1.29 is 4.74 Å². The number of benzene rings is 1. The molecule has 146 valence electrons. The molecule has 0 radical (unpaired) electrons. The van der Waals surface area contributed by atoms with Crippen molar-refractivity contribution in [1.29, 1.82) is 0 Å². The van der Waals surface area contributed by atoms with Gasteiger partial charge in [-0.1, -0.05) is 18.2 Å². The van der Waals surface area contributed by atoms with E-state index in [9.17, 15) is 0 Å². The Bertz CT molecular complexity index is 799. The zero-order valence-electron chi connectivity index (χ0n) is 16.2. The first-order chi connectivity index (χ1) is 12.7. The van der Waals surface area contributed by atoms with Crippen LogP contribution < -0.4 is 10.1 Å². The van der Waals surface area contributed by atoms with Gasteiger partial charge in [-0.25, -0.2) is 0 Å². The second kappa shape index (κ2) is 10.3. The number of aliphatic imine (C=N–C) groups is 1. The van der Waals surface area contributed by atoms with Crippen LogP contribution in [0.1, 0.15) is 17.5 Å². The SMILES string of the molecule is CN=C(NCCn1cc(C)cn1)N1CC=C(c2cccc(OC)c2)CC1.I. The van der Waals surface area contributed by atoms with Crippen LogP contribution in [0, 0.1) is 6.92 Å². The van der Waals surface area contributed by atoms with Gasteiger partial charge in [0.05, 0.1) is 19.9 Å². The van der Waals surface area contributed by atoms with E-state index in [0.717, 1.165) is 44.3 Å². The maximum atomic E-state index is 5.33. The maximum absolute atomic E-state index is 5.33. The molecule has 0 saturated heterocycles. The smallest absolute Gasteiger partial charge is 0.194 e.